The summed E-state index contributed by atoms with van der Waals surface area (Å²) < 4.78 is 1.54. The molecule has 0 amide bonds. The standard InChI is InChI=1S/C8H11N3OS/c9-7(13)3-1-5-11-6-2-4-10-8(11)12/h2,4,6H,1,3,5H2,(H2,9,13). The van der Waals surface area contributed by atoms with Crippen molar-refractivity contribution in [3.05, 3.63) is 28.9 Å². The lowest BCUT2D eigenvalue weighted by atomic mass is 10.3. The molecular weight excluding hydrogens is 186 g/mol. The Morgan fingerprint density at radius 1 is 1.69 bits per heavy atom. The lowest BCUT2D eigenvalue weighted by Gasteiger charge is -2.02. The van der Waals surface area contributed by atoms with Crippen molar-refractivity contribution in [2.45, 2.75) is 19.4 Å². The van der Waals surface area contributed by atoms with Gasteiger partial charge in [0.2, 0.25) is 0 Å². The molecule has 0 aromatic carbocycles. The number of nitrogens with two attached hydrogens (primary N) is 1. The summed E-state index contributed by atoms with van der Waals surface area (Å²) in [6, 6.07) is 1.72. The number of thiocarbonyl (C=S) groups is 1. The molecular formula is C8H11N3OS. The van der Waals surface area contributed by atoms with Gasteiger partial charge in [0, 0.05) is 18.9 Å². The first-order valence-electron chi connectivity index (χ1n) is 4.00. The number of hydrogen-bond donors (Lipinski definition) is 1. The number of nitrogens with zero attached hydrogens (tertiary/aromatic N) is 2. The molecule has 0 fully saturated rings. The summed E-state index contributed by atoms with van der Waals surface area (Å²) in [4.78, 5) is 15.2. The van der Waals surface area contributed by atoms with Crippen LogP contribution in [0.15, 0.2) is 23.3 Å². The van der Waals surface area contributed by atoms with E-state index >= 15 is 0 Å². The van der Waals surface area contributed by atoms with Crippen LogP contribution in [-0.4, -0.2) is 14.5 Å². The van der Waals surface area contributed by atoms with Gasteiger partial charge in [0.25, 0.3) is 0 Å². The molecule has 0 bridgehead atoms. The molecule has 0 radical (unpaired) electrons. The van der Waals surface area contributed by atoms with Crippen LogP contribution in [0.1, 0.15) is 12.8 Å². The number of rotatable bonds is 4. The van der Waals surface area contributed by atoms with Gasteiger partial charge in [0.1, 0.15) is 0 Å². The molecule has 13 heavy (non-hydrogen) atoms. The molecule has 1 aromatic heterocycles. The third-order valence-electron chi connectivity index (χ3n) is 1.60. The van der Waals surface area contributed by atoms with Crippen LogP contribution in [0.25, 0.3) is 0 Å². The maximum absolute atomic E-state index is 11.1. The van der Waals surface area contributed by atoms with Crippen molar-refractivity contribution in [2.75, 3.05) is 0 Å². The third-order valence-corrected chi connectivity index (χ3v) is 1.81. The maximum atomic E-state index is 11.1. The lowest BCUT2D eigenvalue weighted by molar-refractivity contribution is 0.620. The van der Waals surface area contributed by atoms with Gasteiger partial charge in [-0.05, 0) is 18.9 Å². The minimum atomic E-state index is -0.231. The summed E-state index contributed by atoms with van der Waals surface area (Å²) in [5, 5.41) is 0. The third kappa shape index (κ3) is 3.33. The van der Waals surface area contributed by atoms with E-state index in [0.29, 0.717) is 18.0 Å². The van der Waals surface area contributed by atoms with Crippen molar-refractivity contribution in [3.8, 4) is 0 Å². The van der Waals surface area contributed by atoms with Crippen LogP contribution in [0.4, 0.5) is 0 Å². The van der Waals surface area contributed by atoms with E-state index in [1.54, 1.807) is 12.3 Å². The van der Waals surface area contributed by atoms with Gasteiger partial charge in [0.05, 0.1) is 4.99 Å². The molecule has 0 aliphatic heterocycles. The number of aryl methyl sites for hydroxylation is 1. The first-order valence-corrected chi connectivity index (χ1v) is 4.41. The van der Waals surface area contributed by atoms with Gasteiger partial charge in [-0.3, -0.25) is 4.57 Å². The second kappa shape index (κ2) is 4.71. The van der Waals surface area contributed by atoms with E-state index in [2.05, 4.69) is 4.98 Å². The second-order valence-corrected chi connectivity index (χ2v) is 3.19. The van der Waals surface area contributed by atoms with Gasteiger partial charge in [0.15, 0.2) is 0 Å². The van der Waals surface area contributed by atoms with Gasteiger partial charge in [-0.1, -0.05) is 12.2 Å². The van der Waals surface area contributed by atoms with Gasteiger partial charge >= 0.3 is 5.69 Å². The number of hydrogen-bond acceptors (Lipinski definition) is 3. The maximum Gasteiger partial charge on any atom is 0.347 e. The van der Waals surface area contributed by atoms with E-state index in [9.17, 15) is 4.79 Å². The molecule has 1 heterocycles. The zero-order valence-corrected chi connectivity index (χ0v) is 7.96. The molecule has 1 aromatic rings. The van der Waals surface area contributed by atoms with Crippen LogP contribution in [-0.2, 0) is 6.54 Å². The minimum absolute atomic E-state index is 0.231. The SMILES string of the molecule is NC(=S)CCCn1cccnc1=O. The fraction of sp³-hybridized carbons (Fsp3) is 0.375. The predicted molar refractivity (Wildman–Crippen MR) is 54.5 cm³/mol. The van der Waals surface area contributed by atoms with Crippen molar-refractivity contribution >= 4 is 17.2 Å². The van der Waals surface area contributed by atoms with Gasteiger partial charge in [-0.2, -0.15) is 0 Å². The topological polar surface area (TPSA) is 60.9 Å². The van der Waals surface area contributed by atoms with Crippen LogP contribution in [0.2, 0.25) is 0 Å². The average Bonchev–Trinajstić information content (AvgIpc) is 2.08. The summed E-state index contributed by atoms with van der Waals surface area (Å²) in [6.07, 6.45) is 4.62. The monoisotopic (exact) mass is 197 g/mol. The van der Waals surface area contributed by atoms with Crippen LogP contribution in [0.5, 0.6) is 0 Å². The molecule has 0 spiro atoms. The Kier molecular flexibility index (Phi) is 3.57. The minimum Gasteiger partial charge on any atom is -0.393 e. The van der Waals surface area contributed by atoms with E-state index in [1.165, 1.54) is 10.8 Å². The summed E-state index contributed by atoms with van der Waals surface area (Å²) in [5.41, 5.74) is 5.09. The first kappa shape index (κ1) is 9.85. The first-order chi connectivity index (χ1) is 6.20. The average molecular weight is 197 g/mol. The molecule has 5 heteroatoms. The Bertz CT molecular complexity index is 347. The van der Waals surface area contributed by atoms with Crippen LogP contribution >= 0.6 is 12.2 Å². The van der Waals surface area contributed by atoms with Crippen molar-refractivity contribution in [1.29, 1.82) is 0 Å². The summed E-state index contributed by atoms with van der Waals surface area (Å²) in [6.45, 7) is 0.615. The molecule has 0 aliphatic carbocycles. The van der Waals surface area contributed by atoms with E-state index in [4.69, 9.17) is 18.0 Å². The van der Waals surface area contributed by atoms with Crippen molar-refractivity contribution in [3.63, 3.8) is 0 Å². The van der Waals surface area contributed by atoms with Crippen LogP contribution < -0.4 is 11.4 Å². The zero-order valence-electron chi connectivity index (χ0n) is 7.14. The predicted octanol–water partition coefficient (Wildman–Crippen LogP) is 0.310. The molecule has 70 valence electrons. The lowest BCUT2D eigenvalue weighted by Crippen LogP contribution is -2.22. The fourth-order valence-electron chi connectivity index (χ4n) is 0.981. The Balaban J connectivity index is 2.50. The molecule has 1 rings (SSSR count). The number of aromatic nitrogens is 2. The molecule has 0 atom stereocenters. The Morgan fingerprint density at radius 3 is 3.08 bits per heavy atom. The smallest absolute Gasteiger partial charge is 0.347 e. The Morgan fingerprint density at radius 2 is 2.46 bits per heavy atom. The van der Waals surface area contributed by atoms with Gasteiger partial charge in [-0.15, -0.1) is 0 Å². The van der Waals surface area contributed by atoms with Crippen molar-refractivity contribution in [1.82, 2.24) is 9.55 Å². The largest absolute Gasteiger partial charge is 0.393 e. The van der Waals surface area contributed by atoms with Crippen LogP contribution in [0, 0.1) is 0 Å². The summed E-state index contributed by atoms with van der Waals surface area (Å²) >= 11 is 4.72. The van der Waals surface area contributed by atoms with Crippen molar-refractivity contribution < 1.29 is 0 Å². The normalized spacial score (nSPS) is 9.85. The highest BCUT2D eigenvalue weighted by Crippen LogP contribution is 1.92. The van der Waals surface area contributed by atoms with E-state index in [-0.39, 0.29) is 5.69 Å². The second-order valence-electron chi connectivity index (χ2n) is 2.67. The quantitative estimate of drug-likeness (QED) is 0.706. The molecule has 0 unspecified atom stereocenters. The Labute approximate surface area is 81.4 Å². The van der Waals surface area contributed by atoms with E-state index < -0.39 is 0 Å². The molecule has 0 saturated heterocycles. The van der Waals surface area contributed by atoms with Gasteiger partial charge in [-0.25, -0.2) is 9.78 Å². The van der Waals surface area contributed by atoms with Crippen LogP contribution in [0.3, 0.4) is 0 Å². The van der Waals surface area contributed by atoms with E-state index in [1.807, 2.05) is 0 Å². The molecule has 4 nitrogen and oxygen atoms in total. The highest BCUT2D eigenvalue weighted by Gasteiger charge is 1.95. The van der Waals surface area contributed by atoms with E-state index in [0.717, 1.165) is 6.42 Å². The fourth-order valence-corrected chi connectivity index (χ4v) is 1.13. The van der Waals surface area contributed by atoms with Crippen molar-refractivity contribution in [2.24, 2.45) is 5.73 Å². The Hall–Kier alpha value is -1.23. The zero-order chi connectivity index (χ0) is 9.68. The summed E-state index contributed by atoms with van der Waals surface area (Å²) in [5.74, 6) is 0. The molecule has 0 saturated carbocycles. The van der Waals surface area contributed by atoms with Gasteiger partial charge < -0.3 is 5.73 Å². The highest BCUT2D eigenvalue weighted by molar-refractivity contribution is 7.80. The highest BCUT2D eigenvalue weighted by atomic mass is 32.1. The molecule has 2 N–H and O–H groups in total. The summed E-state index contributed by atoms with van der Waals surface area (Å²) in [7, 11) is 0. The molecule has 0 aliphatic rings.